The summed E-state index contributed by atoms with van der Waals surface area (Å²) in [6.45, 7) is 8.04. The Labute approximate surface area is 185 Å². The van der Waals surface area contributed by atoms with Crippen molar-refractivity contribution in [3.05, 3.63) is 69.1 Å². The number of fused-ring (bicyclic) bond motifs is 3. The molecule has 1 aromatic carbocycles. The summed E-state index contributed by atoms with van der Waals surface area (Å²) in [6.07, 6.45) is 6.14. The Morgan fingerprint density at radius 2 is 1.90 bits per heavy atom. The topological polar surface area (TPSA) is 41.4 Å². The maximum atomic E-state index is 14.0. The van der Waals surface area contributed by atoms with Gasteiger partial charge in [0.25, 0.3) is 5.56 Å². The fourth-order valence-electron chi connectivity index (χ4n) is 4.74. The van der Waals surface area contributed by atoms with Gasteiger partial charge in [-0.3, -0.25) is 14.3 Å². The second-order valence-electron chi connectivity index (χ2n) is 8.36. The summed E-state index contributed by atoms with van der Waals surface area (Å²) in [7, 11) is 0. The number of hydrogen-bond donors (Lipinski definition) is 0. The van der Waals surface area contributed by atoms with Crippen LogP contribution in [0.25, 0.3) is 10.2 Å². The standard InChI is InChI=1S/C24H27FN4OS/c1-2-11-29-23(30)21-18-8-4-6-10-20(18)31-22(21)26-24(29)28-14-12-27(13-15-28)16-17-7-3-5-9-19(17)25/h2-3,5,7,9H,1,4,6,8,10-16H2. The Hall–Kier alpha value is -2.51. The molecule has 31 heavy (non-hydrogen) atoms. The zero-order valence-corrected chi connectivity index (χ0v) is 18.5. The van der Waals surface area contributed by atoms with Gasteiger partial charge in [0.05, 0.1) is 5.39 Å². The van der Waals surface area contributed by atoms with Crippen LogP contribution in [0.1, 0.15) is 28.8 Å². The van der Waals surface area contributed by atoms with E-state index in [1.54, 1.807) is 28.0 Å². The molecule has 3 aromatic rings. The van der Waals surface area contributed by atoms with Gasteiger partial charge in [0, 0.05) is 49.7 Å². The third-order valence-electron chi connectivity index (χ3n) is 6.37. The lowest BCUT2D eigenvalue weighted by molar-refractivity contribution is 0.245. The number of anilines is 1. The number of aromatic nitrogens is 2. The van der Waals surface area contributed by atoms with E-state index in [2.05, 4.69) is 16.4 Å². The van der Waals surface area contributed by atoms with Crippen LogP contribution in [-0.4, -0.2) is 40.6 Å². The van der Waals surface area contributed by atoms with Gasteiger partial charge >= 0.3 is 0 Å². The van der Waals surface area contributed by atoms with E-state index in [1.165, 1.54) is 22.9 Å². The van der Waals surface area contributed by atoms with Gasteiger partial charge in [-0.05, 0) is 37.3 Å². The molecule has 0 atom stereocenters. The maximum absolute atomic E-state index is 14.0. The molecule has 5 nitrogen and oxygen atoms in total. The minimum atomic E-state index is -0.154. The van der Waals surface area contributed by atoms with Gasteiger partial charge in [0.2, 0.25) is 5.95 Å². The first-order valence-electron chi connectivity index (χ1n) is 11.0. The zero-order valence-electron chi connectivity index (χ0n) is 17.6. The fourth-order valence-corrected chi connectivity index (χ4v) is 5.98. The van der Waals surface area contributed by atoms with Gasteiger partial charge in [-0.25, -0.2) is 9.37 Å². The van der Waals surface area contributed by atoms with E-state index in [9.17, 15) is 9.18 Å². The number of nitrogens with zero attached hydrogens (tertiary/aromatic N) is 4. The van der Waals surface area contributed by atoms with Gasteiger partial charge in [0.15, 0.2) is 0 Å². The predicted molar refractivity (Wildman–Crippen MR) is 125 cm³/mol. The molecule has 0 unspecified atom stereocenters. The molecule has 1 saturated heterocycles. The third-order valence-corrected chi connectivity index (χ3v) is 7.56. The fraction of sp³-hybridized carbons (Fsp3) is 0.417. The molecule has 5 rings (SSSR count). The number of hydrogen-bond acceptors (Lipinski definition) is 5. The number of thiophene rings is 1. The smallest absolute Gasteiger partial charge is 0.264 e. The van der Waals surface area contributed by atoms with Crippen molar-refractivity contribution in [1.82, 2.24) is 14.5 Å². The summed E-state index contributed by atoms with van der Waals surface area (Å²) in [5, 5.41) is 0.823. The van der Waals surface area contributed by atoms with Crippen LogP contribution in [0, 0.1) is 5.82 Å². The largest absolute Gasteiger partial charge is 0.340 e. The Kier molecular flexibility index (Phi) is 5.63. The van der Waals surface area contributed by atoms with E-state index in [4.69, 9.17) is 4.98 Å². The number of aryl methyl sites for hydroxylation is 2. The van der Waals surface area contributed by atoms with Crippen molar-refractivity contribution in [1.29, 1.82) is 0 Å². The second kappa shape index (κ2) is 8.55. The summed E-state index contributed by atoms with van der Waals surface area (Å²) in [4.78, 5) is 25.1. The number of rotatable bonds is 5. The molecule has 3 heterocycles. The van der Waals surface area contributed by atoms with E-state index in [-0.39, 0.29) is 11.4 Å². The highest BCUT2D eigenvalue weighted by Crippen LogP contribution is 2.34. The Balaban J connectivity index is 1.42. The van der Waals surface area contributed by atoms with Crippen LogP contribution < -0.4 is 10.5 Å². The first-order chi connectivity index (χ1) is 15.2. The molecule has 0 amide bonds. The van der Waals surface area contributed by atoms with E-state index in [0.717, 1.165) is 67.2 Å². The highest BCUT2D eigenvalue weighted by atomic mass is 32.1. The first-order valence-corrected chi connectivity index (χ1v) is 11.8. The van der Waals surface area contributed by atoms with Crippen LogP contribution in [0.2, 0.25) is 0 Å². The quantitative estimate of drug-likeness (QED) is 0.565. The molecule has 162 valence electrons. The predicted octanol–water partition coefficient (Wildman–Crippen LogP) is 3.98. The normalized spacial score (nSPS) is 17.1. The molecule has 1 aliphatic heterocycles. The number of allylic oxidation sites excluding steroid dienone is 1. The maximum Gasteiger partial charge on any atom is 0.264 e. The summed E-state index contributed by atoms with van der Waals surface area (Å²) in [5.74, 6) is 0.583. The lowest BCUT2D eigenvalue weighted by Gasteiger charge is -2.36. The molecular formula is C24H27FN4OS. The zero-order chi connectivity index (χ0) is 21.4. The van der Waals surface area contributed by atoms with Crippen molar-refractivity contribution >= 4 is 27.5 Å². The molecule has 0 bridgehead atoms. The molecule has 0 saturated carbocycles. The van der Waals surface area contributed by atoms with Crippen molar-refractivity contribution in [3.8, 4) is 0 Å². The van der Waals surface area contributed by atoms with Crippen molar-refractivity contribution in [2.45, 2.75) is 38.8 Å². The van der Waals surface area contributed by atoms with Gasteiger partial charge in [-0.2, -0.15) is 0 Å². The number of halogens is 1. The summed E-state index contributed by atoms with van der Waals surface area (Å²) < 4.78 is 15.8. The van der Waals surface area contributed by atoms with Crippen LogP contribution in [0.15, 0.2) is 41.7 Å². The monoisotopic (exact) mass is 438 g/mol. The molecule has 1 aliphatic carbocycles. The Bertz CT molecular complexity index is 1180. The average molecular weight is 439 g/mol. The minimum absolute atomic E-state index is 0.0630. The summed E-state index contributed by atoms with van der Waals surface area (Å²) in [5.41, 5.74) is 2.01. The lowest BCUT2D eigenvalue weighted by Crippen LogP contribution is -2.48. The number of benzene rings is 1. The SMILES string of the molecule is C=CCn1c(N2CCN(Cc3ccccc3F)CC2)nc2sc3c(c2c1=O)CCCC3. The average Bonchev–Trinajstić information content (AvgIpc) is 3.16. The number of piperazine rings is 1. The van der Waals surface area contributed by atoms with Crippen molar-refractivity contribution < 1.29 is 4.39 Å². The van der Waals surface area contributed by atoms with Crippen molar-refractivity contribution in [2.24, 2.45) is 0 Å². The van der Waals surface area contributed by atoms with Gasteiger partial charge in [-0.1, -0.05) is 24.3 Å². The van der Waals surface area contributed by atoms with Crippen molar-refractivity contribution in [2.75, 3.05) is 31.1 Å². The van der Waals surface area contributed by atoms with Crippen LogP contribution >= 0.6 is 11.3 Å². The first kappa shape index (κ1) is 20.4. The van der Waals surface area contributed by atoms with E-state index < -0.39 is 0 Å². The second-order valence-corrected chi connectivity index (χ2v) is 9.45. The highest BCUT2D eigenvalue weighted by molar-refractivity contribution is 7.18. The third kappa shape index (κ3) is 3.81. The van der Waals surface area contributed by atoms with Crippen LogP contribution in [0.3, 0.4) is 0 Å². The lowest BCUT2D eigenvalue weighted by atomic mass is 9.97. The van der Waals surface area contributed by atoms with E-state index >= 15 is 0 Å². The molecule has 1 fully saturated rings. The van der Waals surface area contributed by atoms with E-state index in [0.29, 0.717) is 13.1 Å². The summed E-state index contributed by atoms with van der Waals surface area (Å²) in [6, 6.07) is 6.96. The van der Waals surface area contributed by atoms with Crippen LogP contribution in [0.5, 0.6) is 0 Å². The molecule has 0 spiro atoms. The van der Waals surface area contributed by atoms with Gasteiger partial charge in [-0.15, -0.1) is 17.9 Å². The molecule has 7 heteroatoms. The van der Waals surface area contributed by atoms with Gasteiger partial charge in [0.1, 0.15) is 10.6 Å². The molecule has 2 aliphatic rings. The van der Waals surface area contributed by atoms with Gasteiger partial charge < -0.3 is 4.90 Å². The highest BCUT2D eigenvalue weighted by Gasteiger charge is 2.26. The Morgan fingerprint density at radius 3 is 2.68 bits per heavy atom. The minimum Gasteiger partial charge on any atom is -0.340 e. The Morgan fingerprint density at radius 1 is 1.13 bits per heavy atom. The van der Waals surface area contributed by atoms with E-state index in [1.807, 2.05) is 12.1 Å². The molecule has 0 radical (unpaired) electrons. The van der Waals surface area contributed by atoms with Crippen LogP contribution in [-0.2, 0) is 25.9 Å². The summed E-state index contributed by atoms with van der Waals surface area (Å²) >= 11 is 1.69. The molecule has 0 N–H and O–H groups in total. The van der Waals surface area contributed by atoms with Crippen LogP contribution in [0.4, 0.5) is 10.3 Å². The molecular weight excluding hydrogens is 411 g/mol. The van der Waals surface area contributed by atoms with Crippen molar-refractivity contribution in [3.63, 3.8) is 0 Å². The molecule has 2 aromatic heterocycles.